The zero-order valence-corrected chi connectivity index (χ0v) is 12.3. The maximum absolute atomic E-state index is 9.91. The van der Waals surface area contributed by atoms with Crippen LogP contribution < -0.4 is 10.1 Å². The van der Waals surface area contributed by atoms with Crippen LogP contribution in [0.25, 0.3) is 0 Å². The number of methoxy groups -OCH3 is 1. The number of phenols is 1. The molecule has 0 bridgehead atoms. The molecular formula is C16H18ClNO2. The van der Waals surface area contributed by atoms with E-state index in [2.05, 4.69) is 12.2 Å². The van der Waals surface area contributed by atoms with Gasteiger partial charge >= 0.3 is 0 Å². The standard InChI is InChI=1S/C16H18ClNO2/c1-11(12-4-3-5-14(17)8-12)18-10-13-6-7-15(20-2)9-16(13)19/h3-9,11,18-19H,10H2,1-2H3. The highest BCUT2D eigenvalue weighted by Crippen LogP contribution is 2.24. The molecular weight excluding hydrogens is 274 g/mol. The van der Waals surface area contributed by atoms with Crippen LogP contribution in [0.1, 0.15) is 24.1 Å². The first-order valence-electron chi connectivity index (χ1n) is 6.45. The first kappa shape index (κ1) is 14.7. The summed E-state index contributed by atoms with van der Waals surface area (Å²) < 4.78 is 5.06. The lowest BCUT2D eigenvalue weighted by atomic mass is 10.1. The maximum Gasteiger partial charge on any atom is 0.123 e. The van der Waals surface area contributed by atoms with Gasteiger partial charge in [0.1, 0.15) is 11.5 Å². The van der Waals surface area contributed by atoms with Crippen molar-refractivity contribution in [3.05, 3.63) is 58.6 Å². The molecule has 0 radical (unpaired) electrons. The van der Waals surface area contributed by atoms with E-state index in [-0.39, 0.29) is 11.8 Å². The highest BCUT2D eigenvalue weighted by Gasteiger charge is 2.08. The van der Waals surface area contributed by atoms with Crippen molar-refractivity contribution in [1.82, 2.24) is 5.32 Å². The fraction of sp³-hybridized carbons (Fsp3) is 0.250. The topological polar surface area (TPSA) is 41.5 Å². The molecule has 4 heteroatoms. The zero-order chi connectivity index (χ0) is 14.5. The summed E-state index contributed by atoms with van der Waals surface area (Å²) in [7, 11) is 1.58. The van der Waals surface area contributed by atoms with Gasteiger partial charge in [0, 0.05) is 29.2 Å². The molecule has 0 amide bonds. The molecule has 0 aliphatic heterocycles. The number of phenolic OH excluding ortho intramolecular Hbond substituents is 1. The summed E-state index contributed by atoms with van der Waals surface area (Å²) in [5.41, 5.74) is 1.95. The molecule has 0 aliphatic carbocycles. The lowest BCUT2D eigenvalue weighted by Crippen LogP contribution is -2.18. The summed E-state index contributed by atoms with van der Waals surface area (Å²) >= 11 is 5.98. The summed E-state index contributed by atoms with van der Waals surface area (Å²) in [6.45, 7) is 2.63. The van der Waals surface area contributed by atoms with E-state index >= 15 is 0 Å². The SMILES string of the molecule is COc1ccc(CNC(C)c2cccc(Cl)c2)c(O)c1. The Morgan fingerprint density at radius 2 is 2.05 bits per heavy atom. The van der Waals surface area contributed by atoms with Crippen LogP contribution in [0.4, 0.5) is 0 Å². The fourth-order valence-corrected chi connectivity index (χ4v) is 2.18. The molecule has 0 aliphatic rings. The maximum atomic E-state index is 9.91. The first-order chi connectivity index (χ1) is 9.60. The molecule has 0 fully saturated rings. The monoisotopic (exact) mass is 291 g/mol. The fourth-order valence-electron chi connectivity index (χ4n) is 1.98. The minimum atomic E-state index is 0.148. The third-order valence-corrected chi connectivity index (χ3v) is 3.47. The zero-order valence-electron chi connectivity index (χ0n) is 11.6. The molecule has 20 heavy (non-hydrogen) atoms. The smallest absolute Gasteiger partial charge is 0.123 e. The van der Waals surface area contributed by atoms with Gasteiger partial charge < -0.3 is 15.2 Å². The number of hydrogen-bond donors (Lipinski definition) is 2. The lowest BCUT2D eigenvalue weighted by molar-refractivity contribution is 0.405. The van der Waals surface area contributed by atoms with Crippen LogP contribution in [-0.2, 0) is 6.54 Å². The molecule has 2 N–H and O–H groups in total. The van der Waals surface area contributed by atoms with Crippen molar-refractivity contribution < 1.29 is 9.84 Å². The number of halogens is 1. The van der Waals surface area contributed by atoms with Crippen molar-refractivity contribution in [2.24, 2.45) is 0 Å². The Labute approximate surface area is 124 Å². The summed E-state index contributed by atoms with van der Waals surface area (Å²) in [6.07, 6.45) is 0. The molecule has 2 aromatic carbocycles. The average molecular weight is 292 g/mol. The second-order valence-corrected chi connectivity index (χ2v) is 5.09. The Balaban J connectivity index is 2.01. The Morgan fingerprint density at radius 3 is 2.70 bits per heavy atom. The Hall–Kier alpha value is -1.71. The van der Waals surface area contributed by atoms with Gasteiger partial charge in [-0.05, 0) is 30.7 Å². The van der Waals surface area contributed by atoms with Gasteiger partial charge in [0.15, 0.2) is 0 Å². The summed E-state index contributed by atoms with van der Waals surface area (Å²) in [5.74, 6) is 0.879. The van der Waals surface area contributed by atoms with E-state index in [4.69, 9.17) is 16.3 Å². The minimum absolute atomic E-state index is 0.148. The predicted molar refractivity (Wildman–Crippen MR) is 81.4 cm³/mol. The molecule has 0 aromatic heterocycles. The molecule has 106 valence electrons. The van der Waals surface area contributed by atoms with Gasteiger partial charge in [-0.3, -0.25) is 0 Å². The van der Waals surface area contributed by atoms with Crippen LogP contribution in [0.5, 0.6) is 11.5 Å². The molecule has 0 heterocycles. The molecule has 1 unspecified atom stereocenters. The van der Waals surface area contributed by atoms with Crippen molar-refractivity contribution in [1.29, 1.82) is 0 Å². The van der Waals surface area contributed by atoms with E-state index in [1.54, 1.807) is 13.2 Å². The molecule has 2 rings (SSSR count). The van der Waals surface area contributed by atoms with Crippen LogP contribution in [0.15, 0.2) is 42.5 Å². The van der Waals surface area contributed by atoms with Crippen molar-refractivity contribution in [3.8, 4) is 11.5 Å². The largest absolute Gasteiger partial charge is 0.507 e. The number of rotatable bonds is 5. The van der Waals surface area contributed by atoms with Crippen LogP contribution in [0.2, 0.25) is 5.02 Å². The summed E-state index contributed by atoms with van der Waals surface area (Å²) in [6, 6.07) is 13.2. The highest BCUT2D eigenvalue weighted by atomic mass is 35.5. The minimum Gasteiger partial charge on any atom is -0.507 e. The van der Waals surface area contributed by atoms with Gasteiger partial charge in [-0.2, -0.15) is 0 Å². The second-order valence-electron chi connectivity index (χ2n) is 4.65. The van der Waals surface area contributed by atoms with Gasteiger partial charge in [0.25, 0.3) is 0 Å². The predicted octanol–water partition coefficient (Wildman–Crippen LogP) is 3.91. The van der Waals surface area contributed by atoms with Crippen LogP contribution in [0, 0.1) is 0 Å². The Bertz CT molecular complexity index is 586. The normalized spacial score (nSPS) is 12.2. The van der Waals surface area contributed by atoms with Crippen LogP contribution >= 0.6 is 11.6 Å². The molecule has 0 saturated heterocycles. The second kappa shape index (κ2) is 6.64. The third kappa shape index (κ3) is 3.65. The van der Waals surface area contributed by atoms with E-state index in [9.17, 15) is 5.11 Å². The third-order valence-electron chi connectivity index (χ3n) is 3.24. The molecule has 1 atom stereocenters. The number of hydrogen-bond acceptors (Lipinski definition) is 3. The van der Waals surface area contributed by atoms with Crippen LogP contribution in [-0.4, -0.2) is 12.2 Å². The van der Waals surface area contributed by atoms with Crippen LogP contribution in [0.3, 0.4) is 0 Å². The summed E-state index contributed by atoms with van der Waals surface area (Å²) in [5, 5.41) is 14.0. The number of aromatic hydroxyl groups is 1. The molecule has 2 aromatic rings. The van der Waals surface area contributed by atoms with Crippen molar-refractivity contribution in [3.63, 3.8) is 0 Å². The van der Waals surface area contributed by atoms with Gasteiger partial charge in [-0.15, -0.1) is 0 Å². The van der Waals surface area contributed by atoms with Crippen molar-refractivity contribution >= 4 is 11.6 Å². The lowest BCUT2D eigenvalue weighted by Gasteiger charge is -2.15. The van der Waals surface area contributed by atoms with Crippen molar-refractivity contribution in [2.45, 2.75) is 19.5 Å². The van der Waals surface area contributed by atoms with E-state index in [0.29, 0.717) is 12.3 Å². The molecule has 0 saturated carbocycles. The van der Waals surface area contributed by atoms with E-state index in [0.717, 1.165) is 16.1 Å². The Kier molecular flexibility index (Phi) is 4.88. The number of ether oxygens (including phenoxy) is 1. The van der Waals surface area contributed by atoms with Gasteiger partial charge in [-0.25, -0.2) is 0 Å². The van der Waals surface area contributed by atoms with Gasteiger partial charge in [0.2, 0.25) is 0 Å². The van der Waals surface area contributed by atoms with E-state index in [1.807, 2.05) is 36.4 Å². The number of nitrogens with one attached hydrogen (secondary N) is 1. The molecule has 0 spiro atoms. The quantitative estimate of drug-likeness (QED) is 0.878. The molecule has 3 nitrogen and oxygen atoms in total. The first-order valence-corrected chi connectivity index (χ1v) is 6.82. The van der Waals surface area contributed by atoms with Gasteiger partial charge in [0.05, 0.1) is 7.11 Å². The number of benzene rings is 2. The van der Waals surface area contributed by atoms with Gasteiger partial charge in [-0.1, -0.05) is 29.8 Å². The van der Waals surface area contributed by atoms with E-state index < -0.39 is 0 Å². The van der Waals surface area contributed by atoms with Crippen molar-refractivity contribution in [2.75, 3.05) is 7.11 Å². The Morgan fingerprint density at radius 1 is 1.25 bits per heavy atom. The summed E-state index contributed by atoms with van der Waals surface area (Å²) in [4.78, 5) is 0. The average Bonchev–Trinajstić information content (AvgIpc) is 2.45. The van der Waals surface area contributed by atoms with E-state index in [1.165, 1.54) is 0 Å². The highest BCUT2D eigenvalue weighted by molar-refractivity contribution is 6.30.